The van der Waals surface area contributed by atoms with Crippen LogP contribution in [-0.2, 0) is 26.2 Å². The number of hydrogen-bond donors (Lipinski definition) is 1. The van der Waals surface area contributed by atoms with E-state index in [1.54, 1.807) is 67.8 Å². The van der Waals surface area contributed by atoms with Gasteiger partial charge in [0.25, 0.3) is 10.0 Å². The van der Waals surface area contributed by atoms with E-state index < -0.39 is 28.5 Å². The van der Waals surface area contributed by atoms with Crippen molar-refractivity contribution in [3.8, 4) is 5.75 Å². The molecule has 0 bridgehead atoms. The molecule has 1 unspecified atom stereocenters. The molecule has 2 amide bonds. The van der Waals surface area contributed by atoms with Crippen molar-refractivity contribution in [2.75, 3.05) is 30.8 Å². The predicted octanol–water partition coefficient (Wildman–Crippen LogP) is 5.50. The topological polar surface area (TPSA) is 96.0 Å². The Balaban J connectivity index is 2.05. The van der Waals surface area contributed by atoms with Gasteiger partial charge in [-0.15, -0.1) is 11.8 Å². The summed E-state index contributed by atoms with van der Waals surface area (Å²) in [6.07, 6.45) is 2.27. The van der Waals surface area contributed by atoms with Gasteiger partial charge in [-0.3, -0.25) is 13.9 Å². The zero-order valence-corrected chi connectivity index (χ0v) is 26.8. The molecule has 0 heterocycles. The number of benzene rings is 3. The number of amides is 2. The van der Waals surface area contributed by atoms with E-state index in [2.05, 4.69) is 5.32 Å². The van der Waals surface area contributed by atoms with E-state index in [4.69, 9.17) is 4.74 Å². The molecule has 3 aromatic carbocycles. The number of nitrogens with one attached hydrogen (secondary N) is 1. The maximum absolute atomic E-state index is 14.2. The molecule has 226 valence electrons. The number of ether oxygens (including phenoxy) is 1. The van der Waals surface area contributed by atoms with Crippen molar-refractivity contribution in [2.45, 2.75) is 56.5 Å². The van der Waals surface area contributed by atoms with Gasteiger partial charge in [0.1, 0.15) is 18.3 Å². The minimum Gasteiger partial charge on any atom is -0.497 e. The Hall–Kier alpha value is -3.50. The molecule has 42 heavy (non-hydrogen) atoms. The van der Waals surface area contributed by atoms with E-state index in [0.29, 0.717) is 24.4 Å². The summed E-state index contributed by atoms with van der Waals surface area (Å²) in [5, 5.41) is 2.94. The first-order valence-corrected chi connectivity index (χ1v) is 16.6. The highest BCUT2D eigenvalue weighted by Crippen LogP contribution is 2.27. The highest BCUT2D eigenvalue weighted by Gasteiger charge is 2.33. The summed E-state index contributed by atoms with van der Waals surface area (Å²) in [6, 6.07) is 20.1. The summed E-state index contributed by atoms with van der Waals surface area (Å²) in [6.45, 7) is 7.83. The number of rotatable bonds is 14. The third kappa shape index (κ3) is 8.51. The standard InChI is InChI=1S/C32H41N3O5S2/c1-7-30(32(37)33-20-23(2)3)34(21-25-9-8-10-27(19-25)40-5)31(36)22-35(26-13-11-24(4)12-14-26)42(38,39)29-17-15-28(41-6)16-18-29/h8-19,23,30H,7,20-22H2,1-6H3,(H,33,37). The molecule has 1 N–H and O–H groups in total. The molecule has 10 heteroatoms. The molecule has 0 spiro atoms. The predicted molar refractivity (Wildman–Crippen MR) is 169 cm³/mol. The molecular weight excluding hydrogens is 571 g/mol. The van der Waals surface area contributed by atoms with Gasteiger partial charge in [0.2, 0.25) is 11.8 Å². The van der Waals surface area contributed by atoms with Crippen LogP contribution in [0.15, 0.2) is 82.6 Å². The van der Waals surface area contributed by atoms with Gasteiger partial charge in [-0.1, -0.05) is 50.6 Å². The average molecular weight is 612 g/mol. The maximum atomic E-state index is 14.2. The number of carbonyl (C=O) groups excluding carboxylic acids is 2. The van der Waals surface area contributed by atoms with Crippen LogP contribution in [0, 0.1) is 12.8 Å². The van der Waals surface area contributed by atoms with Gasteiger partial charge in [0.15, 0.2) is 0 Å². The highest BCUT2D eigenvalue weighted by atomic mass is 32.2. The summed E-state index contributed by atoms with van der Waals surface area (Å²) in [4.78, 5) is 30.0. The lowest BCUT2D eigenvalue weighted by Gasteiger charge is -2.33. The normalized spacial score (nSPS) is 12.1. The Morgan fingerprint density at radius 2 is 1.67 bits per heavy atom. The smallest absolute Gasteiger partial charge is 0.264 e. The minimum atomic E-state index is -4.12. The summed E-state index contributed by atoms with van der Waals surface area (Å²) in [5.74, 6) is 0.0810. The number of nitrogens with zero attached hydrogens (tertiary/aromatic N) is 2. The monoisotopic (exact) mass is 611 g/mol. The number of anilines is 1. The van der Waals surface area contributed by atoms with E-state index in [1.165, 1.54) is 16.7 Å². The van der Waals surface area contributed by atoms with Gasteiger partial charge in [0.05, 0.1) is 17.7 Å². The fourth-order valence-electron chi connectivity index (χ4n) is 4.42. The molecule has 8 nitrogen and oxygen atoms in total. The molecule has 0 fully saturated rings. The second kappa shape index (κ2) is 15.1. The van der Waals surface area contributed by atoms with Gasteiger partial charge in [0, 0.05) is 18.0 Å². The molecule has 0 aliphatic rings. The van der Waals surface area contributed by atoms with E-state index in [-0.39, 0.29) is 23.3 Å². The first kappa shape index (κ1) is 33.0. The molecule has 0 saturated carbocycles. The van der Waals surface area contributed by atoms with Crippen LogP contribution in [0.1, 0.15) is 38.3 Å². The lowest BCUT2D eigenvalue weighted by molar-refractivity contribution is -0.140. The summed E-state index contributed by atoms with van der Waals surface area (Å²) >= 11 is 1.51. The van der Waals surface area contributed by atoms with Crippen LogP contribution in [0.5, 0.6) is 5.75 Å². The average Bonchev–Trinajstić information content (AvgIpc) is 2.99. The molecule has 0 radical (unpaired) electrons. The van der Waals surface area contributed by atoms with Gasteiger partial charge < -0.3 is 15.0 Å². The molecular formula is C32H41N3O5S2. The minimum absolute atomic E-state index is 0.0785. The van der Waals surface area contributed by atoms with Crippen LogP contribution < -0.4 is 14.4 Å². The van der Waals surface area contributed by atoms with Gasteiger partial charge in [-0.05, 0) is 79.6 Å². The lowest BCUT2D eigenvalue weighted by Crippen LogP contribution is -2.52. The molecule has 0 aliphatic heterocycles. The third-order valence-corrected chi connectivity index (χ3v) is 9.34. The Labute approximate surface area is 254 Å². The third-order valence-electron chi connectivity index (χ3n) is 6.81. The van der Waals surface area contributed by atoms with Crippen molar-refractivity contribution >= 4 is 39.3 Å². The zero-order valence-electron chi connectivity index (χ0n) is 25.2. The molecule has 0 aromatic heterocycles. The number of sulfonamides is 1. The fraction of sp³-hybridized carbons (Fsp3) is 0.375. The van der Waals surface area contributed by atoms with Crippen molar-refractivity contribution in [3.63, 3.8) is 0 Å². The van der Waals surface area contributed by atoms with Gasteiger partial charge in [-0.2, -0.15) is 0 Å². The SMILES string of the molecule is CCC(C(=O)NCC(C)C)N(Cc1cccc(OC)c1)C(=O)CN(c1ccc(C)cc1)S(=O)(=O)c1ccc(SC)cc1. The van der Waals surface area contributed by atoms with Gasteiger partial charge >= 0.3 is 0 Å². The number of carbonyl (C=O) groups is 2. The second-order valence-corrected chi connectivity index (χ2v) is 13.2. The van der Waals surface area contributed by atoms with Gasteiger partial charge in [-0.25, -0.2) is 8.42 Å². The zero-order chi connectivity index (χ0) is 30.9. The summed E-state index contributed by atoms with van der Waals surface area (Å²) in [7, 11) is -2.56. The Morgan fingerprint density at radius 3 is 2.24 bits per heavy atom. The van der Waals surface area contributed by atoms with Crippen LogP contribution >= 0.6 is 11.8 Å². The molecule has 3 aromatic rings. The molecule has 0 saturated heterocycles. The number of thioether (sulfide) groups is 1. The first-order valence-electron chi connectivity index (χ1n) is 13.9. The Morgan fingerprint density at radius 1 is 1.00 bits per heavy atom. The summed E-state index contributed by atoms with van der Waals surface area (Å²) in [5.41, 5.74) is 2.08. The van der Waals surface area contributed by atoms with E-state index in [0.717, 1.165) is 20.3 Å². The number of methoxy groups -OCH3 is 1. The first-order chi connectivity index (χ1) is 20.0. The van der Waals surface area contributed by atoms with E-state index in [9.17, 15) is 18.0 Å². The second-order valence-electron chi connectivity index (χ2n) is 10.5. The highest BCUT2D eigenvalue weighted by molar-refractivity contribution is 7.98. The van der Waals surface area contributed by atoms with Crippen molar-refractivity contribution in [3.05, 3.63) is 83.9 Å². The van der Waals surface area contributed by atoms with Crippen molar-refractivity contribution in [1.82, 2.24) is 10.2 Å². The molecule has 0 aliphatic carbocycles. The van der Waals surface area contributed by atoms with Crippen LogP contribution in [0.4, 0.5) is 5.69 Å². The molecule has 1 atom stereocenters. The quantitative estimate of drug-likeness (QED) is 0.242. The van der Waals surface area contributed by atoms with E-state index >= 15 is 0 Å². The summed E-state index contributed by atoms with van der Waals surface area (Å²) < 4.78 is 34.5. The maximum Gasteiger partial charge on any atom is 0.264 e. The van der Waals surface area contributed by atoms with E-state index in [1.807, 2.05) is 46.1 Å². The van der Waals surface area contributed by atoms with Crippen molar-refractivity contribution in [2.24, 2.45) is 5.92 Å². The largest absolute Gasteiger partial charge is 0.497 e. The van der Waals surface area contributed by atoms with Crippen molar-refractivity contribution in [1.29, 1.82) is 0 Å². The Bertz CT molecular complexity index is 1440. The Kier molecular flexibility index (Phi) is 11.9. The number of aryl methyl sites for hydroxylation is 1. The van der Waals surface area contributed by atoms with Crippen LogP contribution in [0.2, 0.25) is 0 Å². The lowest BCUT2D eigenvalue weighted by atomic mass is 10.1. The van der Waals surface area contributed by atoms with Crippen LogP contribution in [-0.4, -0.2) is 57.6 Å². The van der Waals surface area contributed by atoms with Crippen molar-refractivity contribution < 1.29 is 22.7 Å². The molecule has 3 rings (SSSR count). The van der Waals surface area contributed by atoms with Crippen LogP contribution in [0.3, 0.4) is 0 Å². The number of hydrogen-bond acceptors (Lipinski definition) is 6. The van der Waals surface area contributed by atoms with Crippen LogP contribution in [0.25, 0.3) is 0 Å². The fourth-order valence-corrected chi connectivity index (χ4v) is 6.25.